The smallest absolute Gasteiger partial charge is 0.0644 e. The van der Waals surface area contributed by atoms with Crippen LogP contribution >= 0.6 is 11.3 Å². The molecule has 0 atom stereocenters. The molecule has 0 bridgehead atoms. The molecular formula is C49H31N3S. The maximum atomic E-state index is 4.50. The third kappa shape index (κ3) is 4.84. The van der Waals surface area contributed by atoms with Crippen molar-refractivity contribution in [2.24, 2.45) is 0 Å². The van der Waals surface area contributed by atoms with E-state index in [1.807, 2.05) is 29.8 Å². The summed E-state index contributed by atoms with van der Waals surface area (Å²) in [4.78, 5) is 6.78. The van der Waals surface area contributed by atoms with E-state index in [-0.39, 0.29) is 0 Å². The summed E-state index contributed by atoms with van der Waals surface area (Å²) < 4.78 is 5.09. The van der Waals surface area contributed by atoms with E-state index in [1.165, 1.54) is 69.1 Å². The molecule has 3 heterocycles. The topological polar surface area (TPSA) is 21.1 Å². The van der Waals surface area contributed by atoms with Gasteiger partial charge in [-0.25, -0.2) is 0 Å². The van der Waals surface area contributed by atoms with Gasteiger partial charge in [-0.15, -0.1) is 11.3 Å². The van der Waals surface area contributed by atoms with Gasteiger partial charge in [0.2, 0.25) is 0 Å². The standard InChI is InChI=1S/C49H31N3S/c1-2-10-36(11-3-1)51(39-12-8-26-50-31-39)38-22-23-41-44-27-34(35-20-25-49-45(28-35)42-14-6-7-15-48(42)53-49)19-24-46(44)52(47(41)30-38)37-21-18-33-17-16-32-9-4-5-13-40(32)43(33)29-37/h1-31H. The predicted molar refractivity (Wildman–Crippen MR) is 227 cm³/mol. The molecule has 0 N–H and O–H groups in total. The van der Waals surface area contributed by atoms with Crippen molar-refractivity contribution >= 4 is 91.9 Å². The fraction of sp³-hybridized carbons (Fsp3) is 0. The summed E-state index contributed by atoms with van der Waals surface area (Å²) in [6.45, 7) is 0. The molecule has 0 aliphatic carbocycles. The van der Waals surface area contributed by atoms with Crippen LogP contribution in [0.4, 0.5) is 17.1 Å². The Morgan fingerprint density at radius 3 is 2.00 bits per heavy atom. The molecule has 0 amide bonds. The van der Waals surface area contributed by atoms with Crippen molar-refractivity contribution in [3.63, 3.8) is 0 Å². The lowest BCUT2D eigenvalue weighted by atomic mass is 10.0. The van der Waals surface area contributed by atoms with Crippen LogP contribution in [-0.2, 0) is 0 Å². The number of rotatable bonds is 5. The van der Waals surface area contributed by atoms with Crippen molar-refractivity contribution in [3.05, 3.63) is 188 Å². The summed E-state index contributed by atoms with van der Waals surface area (Å²) in [6, 6.07) is 64.2. The first-order valence-corrected chi connectivity index (χ1v) is 18.8. The van der Waals surface area contributed by atoms with E-state index >= 15 is 0 Å². The zero-order valence-electron chi connectivity index (χ0n) is 28.6. The highest BCUT2D eigenvalue weighted by Gasteiger charge is 2.19. The molecule has 53 heavy (non-hydrogen) atoms. The molecule has 0 unspecified atom stereocenters. The fourth-order valence-electron chi connectivity index (χ4n) is 8.15. The molecule has 0 spiro atoms. The Morgan fingerprint density at radius 1 is 0.415 bits per heavy atom. The highest BCUT2D eigenvalue weighted by Crippen LogP contribution is 2.42. The quantitative estimate of drug-likeness (QED) is 0.167. The molecule has 0 saturated carbocycles. The number of hydrogen-bond acceptors (Lipinski definition) is 3. The van der Waals surface area contributed by atoms with Gasteiger partial charge in [-0.3, -0.25) is 4.98 Å². The monoisotopic (exact) mass is 693 g/mol. The zero-order chi connectivity index (χ0) is 34.9. The molecule has 3 nitrogen and oxygen atoms in total. The second-order valence-corrected chi connectivity index (χ2v) is 14.7. The molecule has 0 saturated heterocycles. The van der Waals surface area contributed by atoms with Gasteiger partial charge in [0.1, 0.15) is 0 Å². The van der Waals surface area contributed by atoms with Gasteiger partial charge >= 0.3 is 0 Å². The Kier molecular flexibility index (Phi) is 6.73. The SMILES string of the molecule is c1ccc(N(c2cccnc2)c2ccc3c4cc(-c5ccc6sc7ccccc7c6c5)ccc4n(-c4ccc5ccc6ccccc6c5c4)c3c2)cc1. The molecular weight excluding hydrogens is 663 g/mol. The third-order valence-electron chi connectivity index (χ3n) is 10.6. The number of nitrogens with zero attached hydrogens (tertiary/aromatic N) is 3. The van der Waals surface area contributed by atoms with E-state index < -0.39 is 0 Å². The van der Waals surface area contributed by atoms with Gasteiger partial charge in [-0.05, 0) is 112 Å². The number of para-hydroxylation sites is 1. The Bertz CT molecular complexity index is 3140. The van der Waals surface area contributed by atoms with Crippen molar-refractivity contribution < 1.29 is 0 Å². The number of benzene rings is 8. The van der Waals surface area contributed by atoms with E-state index in [0.717, 1.165) is 28.3 Å². The lowest BCUT2D eigenvalue weighted by Gasteiger charge is -2.25. The summed E-state index contributed by atoms with van der Waals surface area (Å²) in [5, 5.41) is 10.1. The highest BCUT2D eigenvalue weighted by molar-refractivity contribution is 7.25. The third-order valence-corrected chi connectivity index (χ3v) is 11.8. The van der Waals surface area contributed by atoms with Crippen LogP contribution in [0.15, 0.2) is 188 Å². The maximum absolute atomic E-state index is 4.50. The normalized spacial score (nSPS) is 11.8. The van der Waals surface area contributed by atoms with Gasteiger partial charge in [-0.2, -0.15) is 0 Å². The Labute approximate surface area is 310 Å². The minimum absolute atomic E-state index is 1.01. The number of fused-ring (bicyclic) bond motifs is 9. The van der Waals surface area contributed by atoms with E-state index in [4.69, 9.17) is 0 Å². The summed E-state index contributed by atoms with van der Waals surface area (Å²) in [5.41, 5.74) is 9.07. The van der Waals surface area contributed by atoms with Crippen LogP contribution in [0, 0.1) is 0 Å². The average molecular weight is 694 g/mol. The first-order valence-electron chi connectivity index (χ1n) is 17.9. The van der Waals surface area contributed by atoms with Gasteiger partial charge in [-0.1, -0.05) is 97.1 Å². The lowest BCUT2D eigenvalue weighted by molar-refractivity contribution is 1.18. The summed E-state index contributed by atoms with van der Waals surface area (Å²) in [7, 11) is 0. The van der Waals surface area contributed by atoms with Crippen molar-refractivity contribution in [1.29, 1.82) is 0 Å². The number of anilines is 3. The average Bonchev–Trinajstić information content (AvgIpc) is 3.76. The lowest BCUT2D eigenvalue weighted by Crippen LogP contribution is -2.10. The van der Waals surface area contributed by atoms with Crippen LogP contribution in [0.1, 0.15) is 0 Å². The van der Waals surface area contributed by atoms with Crippen molar-refractivity contribution in [2.75, 3.05) is 4.90 Å². The van der Waals surface area contributed by atoms with Crippen LogP contribution in [0.2, 0.25) is 0 Å². The molecule has 0 aliphatic heterocycles. The van der Waals surface area contributed by atoms with Crippen LogP contribution in [0.5, 0.6) is 0 Å². The van der Waals surface area contributed by atoms with Crippen LogP contribution in [0.3, 0.4) is 0 Å². The Morgan fingerprint density at radius 2 is 1.13 bits per heavy atom. The van der Waals surface area contributed by atoms with Crippen molar-refractivity contribution in [1.82, 2.24) is 9.55 Å². The van der Waals surface area contributed by atoms with Gasteiger partial charge in [0.15, 0.2) is 0 Å². The van der Waals surface area contributed by atoms with Crippen molar-refractivity contribution in [2.45, 2.75) is 0 Å². The molecule has 8 aromatic carbocycles. The molecule has 0 fully saturated rings. The molecule has 11 rings (SSSR count). The molecule has 3 aromatic heterocycles. The van der Waals surface area contributed by atoms with Gasteiger partial charge < -0.3 is 9.47 Å². The minimum atomic E-state index is 1.01. The van der Waals surface area contributed by atoms with Crippen LogP contribution in [0.25, 0.3) is 80.3 Å². The number of pyridine rings is 1. The molecule has 0 radical (unpaired) electrons. The first-order chi connectivity index (χ1) is 26.3. The maximum Gasteiger partial charge on any atom is 0.0644 e. The number of hydrogen-bond donors (Lipinski definition) is 0. The largest absolute Gasteiger partial charge is 0.309 e. The number of thiophene rings is 1. The number of aromatic nitrogens is 2. The molecule has 0 aliphatic rings. The van der Waals surface area contributed by atoms with Gasteiger partial charge in [0.05, 0.1) is 22.9 Å². The molecule has 4 heteroatoms. The summed E-state index contributed by atoms with van der Waals surface area (Å²) >= 11 is 1.86. The highest BCUT2D eigenvalue weighted by atomic mass is 32.1. The summed E-state index contributed by atoms with van der Waals surface area (Å²) in [5.74, 6) is 0. The Balaban J connectivity index is 1.17. The fourth-order valence-corrected chi connectivity index (χ4v) is 9.24. The first kappa shape index (κ1) is 29.9. The summed E-state index contributed by atoms with van der Waals surface area (Å²) in [6.07, 6.45) is 3.76. The zero-order valence-corrected chi connectivity index (χ0v) is 29.5. The second kappa shape index (κ2) is 11.9. The molecule has 11 aromatic rings. The van der Waals surface area contributed by atoms with E-state index in [0.29, 0.717) is 0 Å². The Hall–Kier alpha value is -6.75. The second-order valence-electron chi connectivity index (χ2n) is 13.7. The van der Waals surface area contributed by atoms with E-state index in [2.05, 4.69) is 184 Å². The van der Waals surface area contributed by atoms with E-state index in [1.54, 1.807) is 0 Å². The molecule has 248 valence electrons. The van der Waals surface area contributed by atoms with Crippen LogP contribution in [-0.4, -0.2) is 9.55 Å². The van der Waals surface area contributed by atoms with Crippen molar-refractivity contribution in [3.8, 4) is 16.8 Å². The van der Waals surface area contributed by atoms with Crippen LogP contribution < -0.4 is 4.90 Å². The van der Waals surface area contributed by atoms with Gasteiger partial charge in [0.25, 0.3) is 0 Å². The van der Waals surface area contributed by atoms with Gasteiger partial charge in [0, 0.05) is 54.2 Å². The predicted octanol–water partition coefficient (Wildman–Crippen LogP) is 14.0. The van der Waals surface area contributed by atoms with E-state index in [9.17, 15) is 0 Å². The minimum Gasteiger partial charge on any atom is -0.309 e.